The molecule has 0 saturated heterocycles. The van der Waals surface area contributed by atoms with E-state index in [0.29, 0.717) is 6.42 Å². The lowest BCUT2D eigenvalue weighted by Gasteiger charge is -1.86. The molecule has 0 aromatic carbocycles. The zero-order valence-electron chi connectivity index (χ0n) is 4.61. The molecule has 0 N–H and O–H groups in total. The van der Waals surface area contributed by atoms with Gasteiger partial charge in [0, 0.05) is 12.8 Å². The first-order chi connectivity index (χ1) is 3.31. The molecule has 0 aliphatic carbocycles. The fourth-order valence-electron chi connectivity index (χ4n) is 0.381. The van der Waals surface area contributed by atoms with Crippen LogP contribution in [0.25, 0.3) is 0 Å². The number of rotatable bonds is 3. The molecule has 0 aliphatic heterocycles. The minimum Gasteiger partial charge on any atom is -0.300 e. The second kappa shape index (κ2) is 3.85. The average molecular weight is 98.1 g/mol. The van der Waals surface area contributed by atoms with Crippen LogP contribution in [0.5, 0.6) is 0 Å². The first kappa shape index (κ1) is 6.67. The minimum atomic E-state index is 0.155. The lowest BCUT2D eigenvalue weighted by Crippen LogP contribution is -1.91. The van der Waals surface area contributed by atoms with E-state index in [1.807, 2.05) is 6.92 Å². The van der Waals surface area contributed by atoms with Gasteiger partial charge in [-0.15, -0.1) is 0 Å². The van der Waals surface area contributed by atoms with Crippen molar-refractivity contribution in [1.82, 2.24) is 0 Å². The first-order valence-electron chi connectivity index (χ1n) is 2.53. The van der Waals surface area contributed by atoms with Gasteiger partial charge in [0.05, 0.1) is 0 Å². The first-order valence-corrected chi connectivity index (χ1v) is 2.53. The standard InChI is InChI=1S/C6H10O/c1-3-5-6(7)4-2/h2H,3-5H2,1H3. The van der Waals surface area contributed by atoms with Gasteiger partial charge in [0.15, 0.2) is 0 Å². The predicted molar refractivity (Wildman–Crippen MR) is 28.8 cm³/mol. The molecule has 0 aliphatic rings. The molecular formula is C6H10O. The topological polar surface area (TPSA) is 17.1 Å². The van der Waals surface area contributed by atoms with Gasteiger partial charge in [0.25, 0.3) is 0 Å². The summed E-state index contributed by atoms with van der Waals surface area (Å²) in [7, 11) is 0. The van der Waals surface area contributed by atoms with E-state index >= 15 is 0 Å². The summed E-state index contributed by atoms with van der Waals surface area (Å²) in [6, 6.07) is 0. The highest BCUT2D eigenvalue weighted by atomic mass is 16.1. The van der Waals surface area contributed by atoms with Crippen molar-refractivity contribution in [2.24, 2.45) is 0 Å². The van der Waals surface area contributed by atoms with Gasteiger partial charge in [-0.1, -0.05) is 6.92 Å². The lowest BCUT2D eigenvalue weighted by atomic mass is 10.2. The largest absolute Gasteiger partial charge is 0.300 e. The highest BCUT2D eigenvalue weighted by molar-refractivity contribution is 5.78. The molecule has 40 valence electrons. The smallest absolute Gasteiger partial charge is 0.133 e. The maximum atomic E-state index is 10.3. The van der Waals surface area contributed by atoms with Crippen LogP contribution in [0, 0.1) is 6.92 Å². The molecule has 0 unspecified atom stereocenters. The monoisotopic (exact) mass is 98.1 g/mol. The van der Waals surface area contributed by atoms with Crippen LogP contribution in [0.4, 0.5) is 0 Å². The van der Waals surface area contributed by atoms with Crippen molar-refractivity contribution in [3.63, 3.8) is 0 Å². The van der Waals surface area contributed by atoms with Crippen molar-refractivity contribution in [1.29, 1.82) is 0 Å². The third-order valence-electron chi connectivity index (χ3n) is 0.757. The second-order valence-electron chi connectivity index (χ2n) is 1.49. The van der Waals surface area contributed by atoms with Crippen LogP contribution in [0.3, 0.4) is 0 Å². The van der Waals surface area contributed by atoms with Gasteiger partial charge in [0.1, 0.15) is 5.78 Å². The van der Waals surface area contributed by atoms with Gasteiger partial charge in [-0.25, -0.2) is 0 Å². The Hall–Kier alpha value is -0.330. The van der Waals surface area contributed by atoms with E-state index < -0.39 is 0 Å². The van der Waals surface area contributed by atoms with E-state index in [1.165, 1.54) is 0 Å². The Labute approximate surface area is 44.7 Å². The van der Waals surface area contributed by atoms with Gasteiger partial charge in [0.2, 0.25) is 0 Å². The summed E-state index contributed by atoms with van der Waals surface area (Å²) >= 11 is 0. The summed E-state index contributed by atoms with van der Waals surface area (Å²) in [5, 5.41) is 0. The molecule has 2 radical (unpaired) electrons. The van der Waals surface area contributed by atoms with Crippen molar-refractivity contribution in [3.8, 4) is 0 Å². The molecule has 0 spiro atoms. The van der Waals surface area contributed by atoms with Crippen LogP contribution in [0.1, 0.15) is 26.2 Å². The summed E-state index contributed by atoms with van der Waals surface area (Å²) in [4.78, 5) is 10.3. The molecule has 0 aromatic rings. The van der Waals surface area contributed by atoms with Crippen molar-refractivity contribution in [2.45, 2.75) is 26.2 Å². The zero-order valence-corrected chi connectivity index (χ0v) is 4.61. The number of carbonyl (C=O) groups excluding carboxylic acids is 1. The highest BCUT2D eigenvalue weighted by Gasteiger charge is 1.91. The minimum absolute atomic E-state index is 0.155. The quantitative estimate of drug-likeness (QED) is 0.522. The van der Waals surface area contributed by atoms with Gasteiger partial charge in [-0.3, -0.25) is 4.79 Å². The Morgan fingerprint density at radius 2 is 2.29 bits per heavy atom. The predicted octanol–water partition coefficient (Wildman–Crippen LogP) is 1.46. The Morgan fingerprint density at radius 3 is 2.43 bits per heavy atom. The fraction of sp³-hybridized carbons (Fsp3) is 0.667. The van der Waals surface area contributed by atoms with E-state index in [0.717, 1.165) is 6.42 Å². The summed E-state index contributed by atoms with van der Waals surface area (Å²) < 4.78 is 0. The molecule has 0 aromatic heterocycles. The molecule has 0 bridgehead atoms. The van der Waals surface area contributed by atoms with Crippen molar-refractivity contribution in [2.75, 3.05) is 0 Å². The molecule has 1 heteroatoms. The van der Waals surface area contributed by atoms with E-state index in [2.05, 4.69) is 0 Å². The van der Waals surface area contributed by atoms with Crippen LogP contribution >= 0.6 is 0 Å². The maximum Gasteiger partial charge on any atom is 0.133 e. The summed E-state index contributed by atoms with van der Waals surface area (Å²) in [5.74, 6) is 0.155. The van der Waals surface area contributed by atoms with E-state index in [4.69, 9.17) is 6.92 Å². The summed E-state index contributed by atoms with van der Waals surface area (Å²) in [6.07, 6.45) is 1.75. The number of carbonyl (C=O) groups is 1. The molecule has 0 rings (SSSR count). The maximum absolute atomic E-state index is 10.3. The Balaban J connectivity index is 3.00. The van der Waals surface area contributed by atoms with Gasteiger partial charge in [-0.05, 0) is 13.3 Å². The second-order valence-corrected chi connectivity index (χ2v) is 1.49. The molecule has 0 saturated carbocycles. The normalized spacial score (nSPS) is 8.86. The van der Waals surface area contributed by atoms with Crippen LogP contribution in [0.15, 0.2) is 0 Å². The van der Waals surface area contributed by atoms with Crippen LogP contribution < -0.4 is 0 Å². The van der Waals surface area contributed by atoms with Gasteiger partial charge < -0.3 is 0 Å². The van der Waals surface area contributed by atoms with E-state index in [9.17, 15) is 4.79 Å². The molecular weight excluding hydrogens is 88.1 g/mol. The Bertz CT molecular complexity index is 57.2. The number of hydrogen-bond acceptors (Lipinski definition) is 1. The summed E-state index contributed by atoms with van der Waals surface area (Å²) in [6.45, 7) is 6.97. The third kappa shape index (κ3) is 3.50. The van der Waals surface area contributed by atoms with E-state index in [-0.39, 0.29) is 12.2 Å². The van der Waals surface area contributed by atoms with Crippen LogP contribution in [0.2, 0.25) is 0 Å². The number of Topliss-reactive ketones (excluding diaryl/α,β-unsaturated/α-hetero) is 1. The summed E-state index contributed by atoms with van der Waals surface area (Å²) in [5.41, 5.74) is 0. The lowest BCUT2D eigenvalue weighted by molar-refractivity contribution is -0.118. The number of ketones is 1. The SMILES string of the molecule is [CH]CC(=O)CCC. The molecule has 1 nitrogen and oxygen atoms in total. The Morgan fingerprint density at radius 1 is 1.71 bits per heavy atom. The molecule has 7 heavy (non-hydrogen) atoms. The average Bonchev–Trinajstić information content (AvgIpc) is 1.68. The van der Waals surface area contributed by atoms with Crippen molar-refractivity contribution in [3.05, 3.63) is 6.92 Å². The highest BCUT2D eigenvalue weighted by Crippen LogP contribution is 1.90. The number of hydrogen-bond donors (Lipinski definition) is 0. The zero-order chi connectivity index (χ0) is 5.70. The van der Waals surface area contributed by atoms with Crippen LogP contribution in [-0.4, -0.2) is 5.78 Å². The molecule has 0 heterocycles. The van der Waals surface area contributed by atoms with Gasteiger partial charge in [-0.2, -0.15) is 0 Å². The van der Waals surface area contributed by atoms with Gasteiger partial charge >= 0.3 is 0 Å². The van der Waals surface area contributed by atoms with Crippen molar-refractivity contribution < 1.29 is 4.79 Å². The van der Waals surface area contributed by atoms with E-state index in [1.54, 1.807) is 0 Å². The fourth-order valence-corrected chi connectivity index (χ4v) is 0.381. The molecule has 0 fully saturated rings. The third-order valence-corrected chi connectivity index (χ3v) is 0.757. The van der Waals surface area contributed by atoms with Crippen LogP contribution in [-0.2, 0) is 4.79 Å². The Kier molecular flexibility index (Phi) is 3.67. The van der Waals surface area contributed by atoms with Crippen molar-refractivity contribution >= 4 is 5.78 Å². The molecule has 0 atom stereocenters. The molecule has 0 amide bonds.